The highest BCUT2D eigenvalue weighted by Crippen LogP contribution is 2.32. The molecule has 2 aromatic carbocycles. The highest BCUT2D eigenvalue weighted by atomic mass is 19.1. The fraction of sp³-hybridized carbons (Fsp3) is 0.176. The highest BCUT2D eigenvalue weighted by Gasteiger charge is 2.31. The van der Waals surface area contributed by atoms with Gasteiger partial charge in [0.1, 0.15) is 5.82 Å². The van der Waals surface area contributed by atoms with Gasteiger partial charge in [-0.1, -0.05) is 42.5 Å². The molecule has 1 atom stereocenters. The second-order valence-corrected chi connectivity index (χ2v) is 5.05. The second-order valence-electron chi connectivity index (χ2n) is 5.05. The number of hydrogen-bond donors (Lipinski definition) is 0. The average molecular weight is 282 g/mol. The van der Waals surface area contributed by atoms with Crippen molar-refractivity contribution in [3.8, 4) is 0 Å². The first-order valence-electron chi connectivity index (χ1n) is 6.83. The number of carbonyl (C=O) groups is 1. The van der Waals surface area contributed by atoms with E-state index in [2.05, 4.69) is 5.10 Å². The summed E-state index contributed by atoms with van der Waals surface area (Å²) in [6.45, 7) is 1.49. The van der Waals surface area contributed by atoms with Crippen LogP contribution in [-0.4, -0.2) is 16.6 Å². The Labute approximate surface area is 122 Å². The Hall–Kier alpha value is -2.49. The van der Waals surface area contributed by atoms with Gasteiger partial charge in [0.2, 0.25) is 5.91 Å². The first-order chi connectivity index (χ1) is 10.1. The van der Waals surface area contributed by atoms with Crippen LogP contribution in [-0.2, 0) is 4.79 Å². The van der Waals surface area contributed by atoms with E-state index in [1.54, 1.807) is 12.1 Å². The number of hydrogen-bond acceptors (Lipinski definition) is 2. The third-order valence-electron chi connectivity index (χ3n) is 3.59. The number of carbonyl (C=O) groups excluding carboxylic acids is 1. The van der Waals surface area contributed by atoms with Crippen molar-refractivity contribution < 1.29 is 9.18 Å². The fourth-order valence-corrected chi connectivity index (χ4v) is 2.55. The molecule has 3 rings (SSSR count). The van der Waals surface area contributed by atoms with E-state index in [1.165, 1.54) is 24.1 Å². The minimum Gasteiger partial charge on any atom is -0.273 e. The summed E-state index contributed by atoms with van der Waals surface area (Å²) in [6, 6.07) is 15.9. The number of hydrazone groups is 1. The summed E-state index contributed by atoms with van der Waals surface area (Å²) in [6.07, 6.45) is 0.634. The van der Waals surface area contributed by atoms with Crippen LogP contribution in [0, 0.1) is 5.82 Å². The third kappa shape index (κ3) is 2.70. The summed E-state index contributed by atoms with van der Waals surface area (Å²) in [5.74, 6) is -0.398. The molecule has 1 heterocycles. The standard InChI is InChI=1S/C17H15FN2O/c1-12(21)20-17(14-7-9-15(18)10-8-14)11-16(19-20)13-5-3-2-4-6-13/h2-10,17H,11H2,1H3/t17-/m1/s1. The molecule has 1 amide bonds. The van der Waals surface area contributed by atoms with Gasteiger partial charge in [-0.25, -0.2) is 9.40 Å². The van der Waals surface area contributed by atoms with Gasteiger partial charge < -0.3 is 0 Å². The second kappa shape index (κ2) is 5.48. The van der Waals surface area contributed by atoms with Crippen molar-refractivity contribution in [1.82, 2.24) is 5.01 Å². The lowest BCUT2D eigenvalue weighted by molar-refractivity contribution is -0.130. The maximum absolute atomic E-state index is 13.1. The molecule has 0 saturated carbocycles. The maximum atomic E-state index is 13.1. The molecular weight excluding hydrogens is 267 g/mol. The van der Waals surface area contributed by atoms with Crippen LogP contribution in [0.25, 0.3) is 0 Å². The van der Waals surface area contributed by atoms with E-state index in [0.29, 0.717) is 6.42 Å². The van der Waals surface area contributed by atoms with E-state index in [0.717, 1.165) is 16.8 Å². The summed E-state index contributed by atoms with van der Waals surface area (Å²) in [7, 11) is 0. The normalized spacial score (nSPS) is 17.7. The molecule has 21 heavy (non-hydrogen) atoms. The zero-order valence-electron chi connectivity index (χ0n) is 11.7. The average Bonchev–Trinajstić information content (AvgIpc) is 2.94. The quantitative estimate of drug-likeness (QED) is 0.829. The van der Waals surface area contributed by atoms with Crippen LogP contribution < -0.4 is 0 Å². The van der Waals surface area contributed by atoms with Crippen LogP contribution in [0.4, 0.5) is 4.39 Å². The zero-order valence-corrected chi connectivity index (χ0v) is 11.7. The van der Waals surface area contributed by atoms with Gasteiger partial charge in [-0.2, -0.15) is 5.10 Å². The van der Waals surface area contributed by atoms with Crippen LogP contribution >= 0.6 is 0 Å². The van der Waals surface area contributed by atoms with Crippen LogP contribution in [0.1, 0.15) is 30.5 Å². The Morgan fingerprint density at radius 1 is 1.14 bits per heavy atom. The van der Waals surface area contributed by atoms with Gasteiger partial charge in [0.25, 0.3) is 0 Å². The molecule has 3 nitrogen and oxygen atoms in total. The van der Waals surface area contributed by atoms with Crippen LogP contribution in [0.5, 0.6) is 0 Å². The van der Waals surface area contributed by atoms with Crippen molar-refractivity contribution in [3.05, 3.63) is 71.5 Å². The van der Waals surface area contributed by atoms with Crippen LogP contribution in [0.3, 0.4) is 0 Å². The molecule has 0 radical (unpaired) electrons. The molecule has 0 fully saturated rings. The van der Waals surface area contributed by atoms with E-state index in [4.69, 9.17) is 0 Å². The van der Waals surface area contributed by atoms with Crippen molar-refractivity contribution in [2.75, 3.05) is 0 Å². The van der Waals surface area contributed by atoms with E-state index >= 15 is 0 Å². The molecule has 1 aliphatic rings. The molecule has 1 aliphatic heterocycles. The van der Waals surface area contributed by atoms with E-state index in [9.17, 15) is 9.18 Å². The maximum Gasteiger partial charge on any atom is 0.240 e. The van der Waals surface area contributed by atoms with Gasteiger partial charge >= 0.3 is 0 Å². The summed E-state index contributed by atoms with van der Waals surface area (Å²) in [4.78, 5) is 11.8. The molecule has 0 unspecified atom stereocenters. The van der Waals surface area contributed by atoms with Crippen LogP contribution in [0.2, 0.25) is 0 Å². The lowest BCUT2D eigenvalue weighted by Gasteiger charge is -2.20. The van der Waals surface area contributed by atoms with Gasteiger partial charge in [-0.15, -0.1) is 0 Å². The van der Waals surface area contributed by atoms with Crippen molar-refractivity contribution in [1.29, 1.82) is 0 Å². The zero-order chi connectivity index (χ0) is 14.8. The monoisotopic (exact) mass is 282 g/mol. The number of nitrogens with zero attached hydrogens (tertiary/aromatic N) is 2. The van der Waals surface area contributed by atoms with Crippen molar-refractivity contribution in [2.45, 2.75) is 19.4 Å². The van der Waals surface area contributed by atoms with Crippen molar-refractivity contribution in [3.63, 3.8) is 0 Å². The molecule has 2 aromatic rings. The lowest BCUT2D eigenvalue weighted by Crippen LogP contribution is -2.24. The summed E-state index contributed by atoms with van der Waals surface area (Å²) in [5.41, 5.74) is 2.77. The number of amides is 1. The van der Waals surface area contributed by atoms with Gasteiger partial charge in [0.15, 0.2) is 0 Å². The summed E-state index contributed by atoms with van der Waals surface area (Å²) >= 11 is 0. The third-order valence-corrected chi connectivity index (χ3v) is 3.59. The molecule has 0 aliphatic carbocycles. The first kappa shape index (κ1) is 13.5. The Bertz CT molecular complexity index is 680. The lowest BCUT2D eigenvalue weighted by atomic mass is 9.98. The molecule has 0 bridgehead atoms. The summed E-state index contributed by atoms with van der Waals surface area (Å²) < 4.78 is 13.1. The van der Waals surface area contributed by atoms with Gasteiger partial charge in [0.05, 0.1) is 11.8 Å². The van der Waals surface area contributed by atoms with Gasteiger partial charge in [-0.05, 0) is 23.3 Å². The SMILES string of the molecule is CC(=O)N1N=C(c2ccccc2)C[C@@H]1c1ccc(F)cc1. The topological polar surface area (TPSA) is 32.7 Å². The fourth-order valence-electron chi connectivity index (χ4n) is 2.55. The first-order valence-corrected chi connectivity index (χ1v) is 6.83. The molecule has 0 aromatic heterocycles. The Kier molecular flexibility index (Phi) is 3.52. The van der Waals surface area contributed by atoms with E-state index in [-0.39, 0.29) is 17.8 Å². The van der Waals surface area contributed by atoms with Gasteiger partial charge in [0, 0.05) is 13.3 Å². The summed E-state index contributed by atoms with van der Waals surface area (Å²) in [5, 5.41) is 5.93. The van der Waals surface area contributed by atoms with Crippen LogP contribution in [0.15, 0.2) is 59.7 Å². The molecule has 0 saturated heterocycles. The Balaban J connectivity index is 1.93. The van der Waals surface area contributed by atoms with Crippen molar-refractivity contribution in [2.24, 2.45) is 5.10 Å². The molecule has 0 N–H and O–H groups in total. The minimum absolute atomic E-state index is 0.116. The molecule has 4 heteroatoms. The molecule has 106 valence electrons. The van der Waals surface area contributed by atoms with E-state index in [1.807, 2.05) is 30.3 Å². The Morgan fingerprint density at radius 2 is 1.81 bits per heavy atom. The highest BCUT2D eigenvalue weighted by molar-refractivity contribution is 6.03. The number of halogens is 1. The predicted octanol–water partition coefficient (Wildman–Crippen LogP) is 3.52. The molecule has 0 spiro atoms. The molecular formula is C17H15FN2O. The van der Waals surface area contributed by atoms with E-state index < -0.39 is 0 Å². The largest absolute Gasteiger partial charge is 0.273 e. The number of benzene rings is 2. The van der Waals surface area contributed by atoms with Crippen molar-refractivity contribution >= 4 is 11.6 Å². The predicted molar refractivity (Wildman–Crippen MR) is 79.3 cm³/mol. The number of rotatable bonds is 2. The Morgan fingerprint density at radius 3 is 2.43 bits per heavy atom. The smallest absolute Gasteiger partial charge is 0.240 e. The van der Waals surface area contributed by atoms with Gasteiger partial charge in [-0.3, -0.25) is 4.79 Å². The minimum atomic E-state index is -0.282.